The number of nitrogen functional groups attached to an aromatic ring is 1. The van der Waals surface area contributed by atoms with Gasteiger partial charge in [0.15, 0.2) is 0 Å². The highest BCUT2D eigenvalue weighted by atomic mass is 32.2. The van der Waals surface area contributed by atoms with Crippen LogP contribution < -0.4 is 14.7 Å². The van der Waals surface area contributed by atoms with Gasteiger partial charge in [-0.15, -0.1) is 0 Å². The fraction of sp³-hybridized carbons (Fsp3) is 0.0769. The molecule has 0 atom stereocenters. The topological polar surface area (TPSA) is 122 Å². The standard InChI is InChI=1S/C13H12N2O6S/c1-20-12-4-2-3-5-13(12)22(18,19)21-9-6-7-10(14)11(8-9)15(16)17/h2-8H,14H2,1H3. The second-order valence-electron chi connectivity index (χ2n) is 4.17. The van der Waals surface area contributed by atoms with Gasteiger partial charge in [0.05, 0.1) is 18.1 Å². The first kappa shape index (κ1) is 15.6. The van der Waals surface area contributed by atoms with Gasteiger partial charge in [0.2, 0.25) is 0 Å². The van der Waals surface area contributed by atoms with Crippen molar-refractivity contribution < 1.29 is 22.3 Å². The predicted octanol–water partition coefficient (Wildman–Crippen LogP) is 1.95. The molecule has 22 heavy (non-hydrogen) atoms. The average Bonchev–Trinajstić information content (AvgIpc) is 2.48. The van der Waals surface area contributed by atoms with E-state index >= 15 is 0 Å². The van der Waals surface area contributed by atoms with Crippen LogP contribution in [-0.4, -0.2) is 20.5 Å². The molecule has 2 rings (SSSR count). The van der Waals surface area contributed by atoms with Gasteiger partial charge in [-0.05, 0) is 24.3 Å². The van der Waals surface area contributed by atoms with E-state index in [1.807, 2.05) is 0 Å². The minimum atomic E-state index is -4.20. The molecular weight excluding hydrogens is 312 g/mol. The van der Waals surface area contributed by atoms with E-state index in [2.05, 4.69) is 0 Å². The summed E-state index contributed by atoms with van der Waals surface area (Å²) in [5.74, 6) is -0.112. The third kappa shape index (κ3) is 3.09. The van der Waals surface area contributed by atoms with Gasteiger partial charge >= 0.3 is 10.1 Å². The molecule has 0 aromatic heterocycles. The van der Waals surface area contributed by atoms with Crippen LogP contribution in [0, 0.1) is 10.1 Å². The van der Waals surface area contributed by atoms with Gasteiger partial charge in [0.25, 0.3) is 5.69 Å². The molecule has 0 spiro atoms. The van der Waals surface area contributed by atoms with Crippen LogP contribution in [0.2, 0.25) is 0 Å². The van der Waals surface area contributed by atoms with E-state index in [0.717, 1.165) is 6.07 Å². The van der Waals surface area contributed by atoms with E-state index in [4.69, 9.17) is 14.7 Å². The summed E-state index contributed by atoms with van der Waals surface area (Å²) >= 11 is 0. The van der Waals surface area contributed by atoms with Gasteiger partial charge in [-0.2, -0.15) is 8.42 Å². The van der Waals surface area contributed by atoms with Gasteiger partial charge in [0, 0.05) is 0 Å². The molecule has 0 amide bonds. The van der Waals surface area contributed by atoms with Crippen LogP contribution in [0.4, 0.5) is 11.4 Å². The molecule has 0 bridgehead atoms. The molecule has 0 fully saturated rings. The van der Waals surface area contributed by atoms with Crippen LogP contribution in [0.25, 0.3) is 0 Å². The molecule has 116 valence electrons. The molecule has 2 N–H and O–H groups in total. The first-order chi connectivity index (χ1) is 10.3. The number of nitro benzene ring substituents is 1. The smallest absolute Gasteiger partial charge is 0.342 e. The van der Waals surface area contributed by atoms with E-state index in [-0.39, 0.29) is 22.1 Å². The Morgan fingerprint density at radius 1 is 1.18 bits per heavy atom. The molecule has 9 heteroatoms. The van der Waals surface area contributed by atoms with E-state index in [0.29, 0.717) is 0 Å². The summed E-state index contributed by atoms with van der Waals surface area (Å²) in [6.07, 6.45) is 0. The van der Waals surface area contributed by atoms with E-state index in [1.54, 1.807) is 6.07 Å². The maximum absolute atomic E-state index is 12.2. The minimum absolute atomic E-state index is 0.0907. The Bertz CT molecular complexity index is 819. The van der Waals surface area contributed by atoms with Crippen molar-refractivity contribution in [1.29, 1.82) is 0 Å². The first-order valence-corrected chi connectivity index (χ1v) is 7.37. The lowest BCUT2D eigenvalue weighted by atomic mass is 10.2. The van der Waals surface area contributed by atoms with Crippen LogP contribution in [-0.2, 0) is 10.1 Å². The zero-order chi connectivity index (χ0) is 16.3. The Balaban J connectivity index is 2.41. The summed E-state index contributed by atoms with van der Waals surface area (Å²) in [4.78, 5) is 9.90. The summed E-state index contributed by atoms with van der Waals surface area (Å²) in [7, 11) is -2.88. The normalized spacial score (nSPS) is 11.0. The molecule has 0 saturated carbocycles. The van der Waals surface area contributed by atoms with E-state index in [1.165, 1.54) is 37.4 Å². The molecule has 0 heterocycles. The largest absolute Gasteiger partial charge is 0.495 e. The van der Waals surface area contributed by atoms with Crippen molar-refractivity contribution >= 4 is 21.5 Å². The highest BCUT2D eigenvalue weighted by molar-refractivity contribution is 7.87. The van der Waals surface area contributed by atoms with Crippen molar-refractivity contribution in [2.45, 2.75) is 4.90 Å². The zero-order valence-electron chi connectivity index (χ0n) is 11.4. The number of ether oxygens (including phenoxy) is 1. The number of benzene rings is 2. The van der Waals surface area contributed by atoms with Crippen LogP contribution >= 0.6 is 0 Å². The minimum Gasteiger partial charge on any atom is -0.495 e. The van der Waals surface area contributed by atoms with Crippen molar-refractivity contribution in [2.75, 3.05) is 12.8 Å². The van der Waals surface area contributed by atoms with Crippen molar-refractivity contribution in [3.63, 3.8) is 0 Å². The maximum Gasteiger partial charge on any atom is 0.342 e. The SMILES string of the molecule is COc1ccccc1S(=O)(=O)Oc1ccc(N)c([N+](=O)[O-])c1. The summed E-state index contributed by atoms with van der Waals surface area (Å²) in [5, 5.41) is 10.8. The van der Waals surface area contributed by atoms with E-state index in [9.17, 15) is 18.5 Å². The summed E-state index contributed by atoms with van der Waals surface area (Å²) in [6, 6.07) is 9.25. The Kier molecular flexibility index (Phi) is 4.18. The van der Waals surface area contributed by atoms with Gasteiger partial charge < -0.3 is 14.7 Å². The molecule has 0 radical (unpaired) electrons. The van der Waals surface area contributed by atoms with Crippen LogP contribution in [0.15, 0.2) is 47.4 Å². The van der Waals surface area contributed by atoms with E-state index < -0.39 is 20.7 Å². The lowest BCUT2D eigenvalue weighted by Crippen LogP contribution is -2.11. The van der Waals surface area contributed by atoms with Gasteiger partial charge in [-0.3, -0.25) is 10.1 Å². The van der Waals surface area contributed by atoms with Crippen LogP contribution in [0.1, 0.15) is 0 Å². The molecule has 0 aliphatic carbocycles. The highest BCUT2D eigenvalue weighted by Gasteiger charge is 2.23. The van der Waals surface area contributed by atoms with Gasteiger partial charge in [-0.1, -0.05) is 12.1 Å². The summed E-state index contributed by atoms with van der Waals surface area (Å²) in [5.41, 5.74) is 4.92. The molecule has 2 aromatic rings. The Morgan fingerprint density at radius 2 is 1.86 bits per heavy atom. The number of methoxy groups -OCH3 is 1. The second-order valence-corrected chi connectivity index (χ2v) is 5.68. The Morgan fingerprint density at radius 3 is 2.50 bits per heavy atom. The zero-order valence-corrected chi connectivity index (χ0v) is 12.2. The quantitative estimate of drug-likeness (QED) is 0.386. The molecule has 8 nitrogen and oxygen atoms in total. The number of nitrogens with two attached hydrogens (primary N) is 1. The highest BCUT2D eigenvalue weighted by Crippen LogP contribution is 2.30. The number of nitrogens with zero attached hydrogens (tertiary/aromatic N) is 1. The first-order valence-electron chi connectivity index (χ1n) is 5.96. The Hall–Kier alpha value is -2.81. The van der Waals surface area contributed by atoms with Crippen LogP contribution in [0.5, 0.6) is 11.5 Å². The summed E-state index contributed by atoms with van der Waals surface area (Å²) < 4.78 is 34.4. The fourth-order valence-electron chi connectivity index (χ4n) is 1.73. The lowest BCUT2D eigenvalue weighted by molar-refractivity contribution is -0.383. The molecule has 0 aliphatic rings. The average molecular weight is 324 g/mol. The van der Waals surface area contributed by atoms with Gasteiger partial charge in [0.1, 0.15) is 22.1 Å². The lowest BCUT2D eigenvalue weighted by Gasteiger charge is -2.10. The molecule has 0 saturated heterocycles. The maximum atomic E-state index is 12.2. The summed E-state index contributed by atoms with van der Waals surface area (Å²) in [6.45, 7) is 0. The number of anilines is 1. The van der Waals surface area contributed by atoms with Crippen molar-refractivity contribution in [3.8, 4) is 11.5 Å². The number of rotatable bonds is 5. The number of nitro groups is 1. The van der Waals surface area contributed by atoms with Crippen molar-refractivity contribution in [1.82, 2.24) is 0 Å². The number of hydrogen-bond donors (Lipinski definition) is 1. The third-order valence-electron chi connectivity index (χ3n) is 2.74. The van der Waals surface area contributed by atoms with Crippen LogP contribution in [0.3, 0.4) is 0 Å². The molecular formula is C13H12N2O6S. The second kappa shape index (κ2) is 5.90. The fourth-order valence-corrected chi connectivity index (χ4v) is 2.82. The third-order valence-corrected chi connectivity index (χ3v) is 4.03. The number of para-hydroxylation sites is 1. The molecule has 2 aromatic carbocycles. The molecule has 0 unspecified atom stereocenters. The monoisotopic (exact) mass is 324 g/mol. The predicted molar refractivity (Wildman–Crippen MR) is 78.3 cm³/mol. The number of hydrogen-bond acceptors (Lipinski definition) is 7. The van der Waals surface area contributed by atoms with Crippen molar-refractivity contribution in [3.05, 3.63) is 52.6 Å². The molecule has 0 aliphatic heterocycles. The Labute approximate surface area is 126 Å². The van der Waals surface area contributed by atoms with Gasteiger partial charge in [-0.25, -0.2) is 0 Å². The van der Waals surface area contributed by atoms with Crippen molar-refractivity contribution in [2.24, 2.45) is 0 Å².